The minimum atomic E-state index is -1.16. The van der Waals surface area contributed by atoms with Gasteiger partial charge in [0.15, 0.2) is 17.3 Å². The summed E-state index contributed by atoms with van der Waals surface area (Å²) in [5.74, 6) is 1.80. The first-order valence-corrected chi connectivity index (χ1v) is 11.7. The molecule has 3 aliphatic rings. The van der Waals surface area contributed by atoms with E-state index in [2.05, 4.69) is 5.32 Å². The van der Waals surface area contributed by atoms with Crippen LogP contribution in [0.3, 0.4) is 0 Å². The van der Waals surface area contributed by atoms with E-state index < -0.39 is 11.5 Å². The van der Waals surface area contributed by atoms with Crippen molar-refractivity contribution >= 4 is 17.4 Å². The fraction of sp³-hybridized carbons (Fsp3) is 0.370. The maximum absolute atomic E-state index is 14.4. The molecule has 2 atom stereocenters. The van der Waals surface area contributed by atoms with Crippen molar-refractivity contribution in [1.29, 1.82) is 0 Å². The van der Waals surface area contributed by atoms with Gasteiger partial charge in [-0.3, -0.25) is 9.59 Å². The van der Waals surface area contributed by atoms with Gasteiger partial charge in [0.1, 0.15) is 17.0 Å². The zero-order valence-corrected chi connectivity index (χ0v) is 19.6. The third kappa shape index (κ3) is 2.85. The van der Waals surface area contributed by atoms with Gasteiger partial charge in [0, 0.05) is 11.8 Å². The highest BCUT2D eigenvalue weighted by Crippen LogP contribution is 2.55. The first-order valence-electron chi connectivity index (χ1n) is 11.7. The molecule has 0 radical (unpaired) electrons. The molecule has 174 valence electrons. The zero-order valence-electron chi connectivity index (χ0n) is 19.6. The van der Waals surface area contributed by atoms with Crippen LogP contribution in [0.25, 0.3) is 5.69 Å². The van der Waals surface area contributed by atoms with Crippen LogP contribution in [0.5, 0.6) is 11.5 Å². The number of Topliss-reactive ketones (excluding diaryl/α,β-unsaturated/α-hetero) is 2. The molecule has 1 spiro atoms. The lowest BCUT2D eigenvalue weighted by atomic mass is 9.66. The summed E-state index contributed by atoms with van der Waals surface area (Å²) in [6.45, 7) is 6.31. The number of hydrogen-bond acceptors (Lipinski definition) is 6. The van der Waals surface area contributed by atoms with Gasteiger partial charge in [-0.05, 0) is 42.7 Å². The lowest BCUT2D eigenvalue weighted by Crippen LogP contribution is -2.48. The van der Waals surface area contributed by atoms with E-state index in [4.69, 9.17) is 14.6 Å². The van der Waals surface area contributed by atoms with Gasteiger partial charge in [0.25, 0.3) is 0 Å². The highest BCUT2D eigenvalue weighted by atomic mass is 16.7. The Labute approximate surface area is 198 Å². The number of ether oxygens (including phenoxy) is 2. The van der Waals surface area contributed by atoms with Gasteiger partial charge >= 0.3 is 0 Å². The van der Waals surface area contributed by atoms with Gasteiger partial charge in [-0.1, -0.05) is 45.0 Å². The number of fused-ring (bicyclic) bond motifs is 2. The molecule has 7 nitrogen and oxygen atoms in total. The van der Waals surface area contributed by atoms with E-state index in [0.717, 1.165) is 11.3 Å². The molecular weight excluding hydrogens is 430 g/mol. The largest absolute Gasteiger partial charge is 0.454 e. The number of anilines is 1. The Morgan fingerprint density at radius 1 is 1.06 bits per heavy atom. The van der Waals surface area contributed by atoms with Crippen molar-refractivity contribution in [3.05, 3.63) is 65.4 Å². The Bertz CT molecular complexity index is 1320. The predicted molar refractivity (Wildman–Crippen MR) is 127 cm³/mol. The molecular formula is C27H27N3O4. The topological polar surface area (TPSA) is 82.5 Å². The van der Waals surface area contributed by atoms with Crippen LogP contribution in [0, 0.1) is 5.41 Å². The monoisotopic (exact) mass is 457 g/mol. The lowest BCUT2D eigenvalue weighted by molar-refractivity contribution is -0.124. The molecule has 1 aromatic heterocycles. The number of para-hydroxylation sites is 1. The molecule has 2 aromatic carbocycles. The molecule has 0 bridgehead atoms. The summed E-state index contributed by atoms with van der Waals surface area (Å²) in [5, 5.41) is 8.55. The molecule has 3 heterocycles. The molecule has 1 saturated carbocycles. The first kappa shape index (κ1) is 21.0. The molecule has 7 heteroatoms. The average Bonchev–Trinajstić information content (AvgIpc) is 3.53. The molecule has 0 saturated heterocycles. The second kappa shape index (κ2) is 7.19. The van der Waals surface area contributed by atoms with Crippen molar-refractivity contribution in [1.82, 2.24) is 9.78 Å². The second-order valence-corrected chi connectivity index (χ2v) is 10.3. The van der Waals surface area contributed by atoms with Crippen molar-refractivity contribution in [2.24, 2.45) is 5.41 Å². The molecule has 0 unspecified atom stereocenters. The molecule has 1 aliphatic carbocycles. The summed E-state index contributed by atoms with van der Waals surface area (Å²) >= 11 is 0. The van der Waals surface area contributed by atoms with Crippen molar-refractivity contribution in [2.45, 2.75) is 51.5 Å². The van der Waals surface area contributed by atoms with Gasteiger partial charge in [-0.25, -0.2) is 4.68 Å². The molecule has 3 aromatic rings. The number of aromatic nitrogens is 2. The van der Waals surface area contributed by atoms with Crippen molar-refractivity contribution in [3.63, 3.8) is 0 Å². The quantitative estimate of drug-likeness (QED) is 0.546. The molecule has 2 aliphatic heterocycles. The Kier molecular flexibility index (Phi) is 4.43. The summed E-state index contributed by atoms with van der Waals surface area (Å²) in [6.07, 6.45) is 1.61. The van der Waals surface area contributed by atoms with Crippen LogP contribution in [0.15, 0.2) is 48.5 Å². The summed E-state index contributed by atoms with van der Waals surface area (Å²) < 4.78 is 12.9. The van der Waals surface area contributed by atoms with E-state index in [1.807, 2.05) is 69.3 Å². The Morgan fingerprint density at radius 3 is 2.53 bits per heavy atom. The maximum Gasteiger partial charge on any atom is 0.231 e. The van der Waals surface area contributed by atoms with E-state index in [9.17, 15) is 9.59 Å². The van der Waals surface area contributed by atoms with Crippen LogP contribution >= 0.6 is 0 Å². The Balaban J connectivity index is 1.60. The van der Waals surface area contributed by atoms with Crippen LogP contribution in [0.1, 0.15) is 67.7 Å². The Morgan fingerprint density at radius 2 is 1.82 bits per heavy atom. The number of ketones is 2. The van der Waals surface area contributed by atoms with E-state index in [1.165, 1.54) is 0 Å². The predicted octanol–water partition coefficient (Wildman–Crippen LogP) is 4.99. The van der Waals surface area contributed by atoms with Gasteiger partial charge in [-0.15, -0.1) is 0 Å². The molecule has 1 N–H and O–H groups in total. The van der Waals surface area contributed by atoms with Crippen LogP contribution in [-0.2, 0) is 10.2 Å². The summed E-state index contributed by atoms with van der Waals surface area (Å²) in [7, 11) is 0. The zero-order chi connectivity index (χ0) is 23.7. The third-order valence-electron chi connectivity index (χ3n) is 7.21. The van der Waals surface area contributed by atoms with Crippen LogP contribution in [-0.4, -0.2) is 28.1 Å². The number of benzene rings is 2. The number of hydrogen-bond donors (Lipinski definition) is 1. The number of nitrogens with zero attached hydrogens (tertiary/aromatic N) is 2. The number of carbonyl (C=O) groups is 2. The van der Waals surface area contributed by atoms with E-state index in [1.54, 1.807) is 4.68 Å². The lowest BCUT2D eigenvalue weighted by Gasteiger charge is -2.40. The second-order valence-electron chi connectivity index (χ2n) is 10.3. The van der Waals surface area contributed by atoms with E-state index >= 15 is 0 Å². The van der Waals surface area contributed by atoms with Crippen molar-refractivity contribution in [2.75, 3.05) is 12.1 Å². The average molecular weight is 458 g/mol. The van der Waals surface area contributed by atoms with Gasteiger partial charge < -0.3 is 14.8 Å². The van der Waals surface area contributed by atoms with Crippen LogP contribution in [0.2, 0.25) is 0 Å². The van der Waals surface area contributed by atoms with Crippen molar-refractivity contribution < 1.29 is 19.1 Å². The van der Waals surface area contributed by atoms with Gasteiger partial charge in [0.2, 0.25) is 6.79 Å². The molecule has 0 amide bonds. The van der Waals surface area contributed by atoms with E-state index in [0.29, 0.717) is 47.8 Å². The Hall–Kier alpha value is -3.61. The summed E-state index contributed by atoms with van der Waals surface area (Å²) in [4.78, 5) is 27.9. The number of nitrogens with one attached hydrogen (secondary N) is 1. The number of carbonyl (C=O) groups excluding carboxylic acids is 2. The smallest absolute Gasteiger partial charge is 0.231 e. The van der Waals surface area contributed by atoms with Gasteiger partial charge in [0.05, 0.1) is 23.0 Å². The maximum atomic E-state index is 14.4. The fourth-order valence-electron chi connectivity index (χ4n) is 5.56. The summed E-state index contributed by atoms with van der Waals surface area (Å²) in [5.41, 5.74) is 1.38. The molecule has 1 fully saturated rings. The molecule has 6 rings (SSSR count). The first-order chi connectivity index (χ1) is 16.3. The van der Waals surface area contributed by atoms with E-state index in [-0.39, 0.29) is 23.8 Å². The van der Waals surface area contributed by atoms with Crippen LogP contribution in [0.4, 0.5) is 5.82 Å². The van der Waals surface area contributed by atoms with Gasteiger partial charge in [-0.2, -0.15) is 5.10 Å². The minimum Gasteiger partial charge on any atom is -0.454 e. The van der Waals surface area contributed by atoms with Crippen molar-refractivity contribution in [3.8, 4) is 17.2 Å². The number of rotatable bonds is 2. The SMILES string of the molecule is CC(C)(C)c1nn(-c2ccccc2)c2c1C(=O)[C@]1(CCCC1=O)[C@@H](c1ccc3c(c1)OCO3)N2. The normalized spacial score (nSPS) is 23.3. The molecule has 34 heavy (non-hydrogen) atoms. The third-order valence-corrected chi connectivity index (χ3v) is 7.21. The van der Waals surface area contributed by atoms with Crippen LogP contribution < -0.4 is 14.8 Å². The highest BCUT2D eigenvalue weighted by molar-refractivity contribution is 6.20. The highest BCUT2D eigenvalue weighted by Gasteiger charge is 2.59. The fourth-order valence-corrected chi connectivity index (χ4v) is 5.56. The summed E-state index contributed by atoms with van der Waals surface area (Å²) in [6, 6.07) is 14.9. The minimum absolute atomic E-state index is 0.00867. The standard InChI is InChI=1S/C27H27N3O4/c1-26(2,3)23-21-24(32)27(13-7-10-20(27)31)22(16-11-12-18-19(14-16)34-15-33-18)28-25(21)30(29-23)17-8-5-4-6-9-17/h4-6,8-9,11-12,14,22,28H,7,10,13,15H2,1-3H3/t22-,27+/m1/s1.